The van der Waals surface area contributed by atoms with Gasteiger partial charge in [-0.05, 0) is 101 Å². The van der Waals surface area contributed by atoms with Gasteiger partial charge in [0.05, 0.1) is 0 Å². The summed E-state index contributed by atoms with van der Waals surface area (Å²) in [6.45, 7) is 20.5. The Hall–Kier alpha value is -0.686. The van der Waals surface area contributed by atoms with Crippen molar-refractivity contribution in [1.29, 1.82) is 0 Å². The Kier molecular flexibility index (Phi) is 7.93. The third-order valence-electron chi connectivity index (χ3n) is 5.20. The molecule has 28 heavy (non-hydrogen) atoms. The predicted molar refractivity (Wildman–Crippen MR) is 128 cm³/mol. The van der Waals surface area contributed by atoms with Gasteiger partial charge in [0.1, 0.15) is 0 Å². The summed E-state index contributed by atoms with van der Waals surface area (Å²) >= 11 is 0. The molecule has 0 saturated carbocycles. The zero-order chi connectivity index (χ0) is 21.1. The van der Waals surface area contributed by atoms with Gasteiger partial charge in [-0.25, -0.2) is 0 Å². The SMILES string of the molecule is CC(CC1=CCC=C1C(C)C1=CCC=C1CC(C)O[Si](C)(C)C)O[Si](C)(C)C. The average Bonchev–Trinajstić information content (AvgIpc) is 3.11. The Morgan fingerprint density at radius 3 is 1.36 bits per heavy atom. The van der Waals surface area contributed by atoms with Crippen LogP contribution in [-0.4, -0.2) is 28.8 Å². The maximum absolute atomic E-state index is 6.31. The van der Waals surface area contributed by atoms with E-state index in [-0.39, 0.29) is 0 Å². The summed E-state index contributed by atoms with van der Waals surface area (Å²) in [4.78, 5) is 0. The Bertz CT molecular complexity index is 614. The molecule has 158 valence electrons. The molecule has 0 fully saturated rings. The van der Waals surface area contributed by atoms with Crippen molar-refractivity contribution >= 4 is 16.6 Å². The van der Waals surface area contributed by atoms with E-state index in [0.717, 1.165) is 25.7 Å². The van der Waals surface area contributed by atoms with Crippen LogP contribution in [0, 0.1) is 5.92 Å². The van der Waals surface area contributed by atoms with E-state index < -0.39 is 16.6 Å². The van der Waals surface area contributed by atoms with Crippen molar-refractivity contribution in [1.82, 2.24) is 0 Å². The van der Waals surface area contributed by atoms with Crippen LogP contribution in [0.15, 0.2) is 46.6 Å². The maximum Gasteiger partial charge on any atom is 0.184 e. The third kappa shape index (κ3) is 7.29. The fourth-order valence-electron chi connectivity index (χ4n) is 4.54. The van der Waals surface area contributed by atoms with Crippen LogP contribution in [0.4, 0.5) is 0 Å². The quantitative estimate of drug-likeness (QED) is 0.344. The highest BCUT2D eigenvalue weighted by molar-refractivity contribution is 6.70. The molecule has 0 N–H and O–H groups in total. The van der Waals surface area contributed by atoms with Crippen molar-refractivity contribution in [3.63, 3.8) is 0 Å². The van der Waals surface area contributed by atoms with E-state index in [0.29, 0.717) is 18.1 Å². The molecule has 0 spiro atoms. The molecule has 0 amide bonds. The summed E-state index contributed by atoms with van der Waals surface area (Å²) in [6, 6.07) is 0. The summed E-state index contributed by atoms with van der Waals surface area (Å²) in [5, 5.41) is 0. The third-order valence-corrected chi connectivity index (χ3v) is 7.42. The van der Waals surface area contributed by atoms with Crippen LogP contribution in [-0.2, 0) is 8.85 Å². The molecule has 0 aliphatic heterocycles. The molecule has 2 rings (SSSR count). The zero-order valence-electron chi connectivity index (χ0n) is 19.7. The van der Waals surface area contributed by atoms with Crippen molar-refractivity contribution in [2.75, 3.05) is 0 Å². The first kappa shape index (κ1) is 23.6. The van der Waals surface area contributed by atoms with Crippen LogP contribution < -0.4 is 0 Å². The standard InChI is InChI=1S/C24H42O2Si2/c1-18(25-27(4,5)6)16-21-12-10-14-23(21)20(3)24-15-11-13-22(24)17-19(2)26-28(7,8)9/h12-15,18-20H,10-11,16-17H2,1-9H3. The van der Waals surface area contributed by atoms with E-state index >= 15 is 0 Å². The molecule has 0 aromatic carbocycles. The molecule has 2 unspecified atom stereocenters. The van der Waals surface area contributed by atoms with Gasteiger partial charge in [-0.3, -0.25) is 0 Å². The van der Waals surface area contributed by atoms with Crippen LogP contribution in [0.5, 0.6) is 0 Å². The van der Waals surface area contributed by atoms with Gasteiger partial charge in [0.25, 0.3) is 0 Å². The Morgan fingerprint density at radius 1 is 0.679 bits per heavy atom. The maximum atomic E-state index is 6.31. The monoisotopic (exact) mass is 418 g/mol. The smallest absolute Gasteiger partial charge is 0.184 e. The largest absolute Gasteiger partial charge is 0.415 e. The molecule has 0 bridgehead atoms. The van der Waals surface area contributed by atoms with Gasteiger partial charge in [-0.2, -0.15) is 0 Å². The van der Waals surface area contributed by atoms with Crippen molar-refractivity contribution in [3.8, 4) is 0 Å². The molecule has 0 aromatic rings. The lowest BCUT2D eigenvalue weighted by Gasteiger charge is -2.28. The molecule has 0 aromatic heterocycles. The lowest BCUT2D eigenvalue weighted by atomic mass is 9.84. The molecule has 0 saturated heterocycles. The van der Waals surface area contributed by atoms with E-state index in [1.165, 1.54) is 22.3 Å². The fraction of sp³-hybridized carbons (Fsp3) is 0.667. The van der Waals surface area contributed by atoms with Crippen molar-refractivity contribution < 1.29 is 8.85 Å². The molecular formula is C24H42O2Si2. The molecule has 2 aliphatic rings. The second-order valence-electron chi connectivity index (χ2n) is 10.5. The molecule has 2 aliphatic carbocycles. The van der Waals surface area contributed by atoms with Crippen molar-refractivity contribution in [2.45, 2.75) is 97.9 Å². The molecule has 0 heterocycles. The number of hydrogen-bond donors (Lipinski definition) is 0. The Labute approximate surface area is 176 Å². The summed E-state index contributed by atoms with van der Waals surface area (Å²) in [5.74, 6) is 0.459. The van der Waals surface area contributed by atoms with Crippen LogP contribution in [0.1, 0.15) is 46.5 Å². The van der Waals surface area contributed by atoms with Gasteiger partial charge in [0.15, 0.2) is 16.6 Å². The topological polar surface area (TPSA) is 18.5 Å². The Balaban J connectivity index is 2.01. The summed E-state index contributed by atoms with van der Waals surface area (Å²) in [5.41, 5.74) is 6.03. The van der Waals surface area contributed by atoms with Gasteiger partial charge < -0.3 is 8.85 Å². The highest BCUT2D eigenvalue weighted by Crippen LogP contribution is 2.40. The van der Waals surface area contributed by atoms with Crippen LogP contribution in [0.25, 0.3) is 0 Å². The average molecular weight is 419 g/mol. The normalized spacial score (nSPS) is 21.0. The molecule has 0 radical (unpaired) electrons. The van der Waals surface area contributed by atoms with Gasteiger partial charge >= 0.3 is 0 Å². The number of rotatable bonds is 10. The van der Waals surface area contributed by atoms with E-state index in [2.05, 4.69) is 84.4 Å². The second-order valence-corrected chi connectivity index (χ2v) is 19.4. The summed E-state index contributed by atoms with van der Waals surface area (Å²) in [7, 11) is -2.99. The minimum atomic E-state index is -1.49. The minimum Gasteiger partial charge on any atom is -0.415 e. The minimum absolute atomic E-state index is 0.296. The van der Waals surface area contributed by atoms with E-state index in [4.69, 9.17) is 8.85 Å². The van der Waals surface area contributed by atoms with Gasteiger partial charge in [-0.1, -0.05) is 31.2 Å². The summed E-state index contributed by atoms with van der Waals surface area (Å²) in [6.07, 6.45) is 14.5. The van der Waals surface area contributed by atoms with E-state index in [1.807, 2.05) is 0 Å². The van der Waals surface area contributed by atoms with Gasteiger partial charge in [-0.15, -0.1) is 0 Å². The van der Waals surface area contributed by atoms with Crippen molar-refractivity contribution in [2.24, 2.45) is 5.92 Å². The zero-order valence-corrected chi connectivity index (χ0v) is 21.7. The Morgan fingerprint density at radius 2 is 1.04 bits per heavy atom. The van der Waals surface area contributed by atoms with Crippen molar-refractivity contribution in [3.05, 3.63) is 46.6 Å². The second kappa shape index (κ2) is 9.42. The first-order valence-electron chi connectivity index (χ1n) is 11.0. The first-order chi connectivity index (χ1) is 12.9. The lowest BCUT2D eigenvalue weighted by Crippen LogP contribution is -2.31. The first-order valence-corrected chi connectivity index (χ1v) is 17.8. The predicted octanol–water partition coefficient (Wildman–Crippen LogP) is 7.40. The summed E-state index contributed by atoms with van der Waals surface area (Å²) < 4.78 is 12.6. The van der Waals surface area contributed by atoms with Gasteiger partial charge in [0, 0.05) is 18.1 Å². The highest BCUT2D eigenvalue weighted by Gasteiger charge is 2.27. The molecular weight excluding hydrogens is 376 g/mol. The molecule has 2 atom stereocenters. The van der Waals surface area contributed by atoms with Crippen LogP contribution in [0.3, 0.4) is 0 Å². The van der Waals surface area contributed by atoms with E-state index in [9.17, 15) is 0 Å². The molecule has 4 heteroatoms. The fourth-order valence-corrected chi connectivity index (χ4v) is 7.12. The van der Waals surface area contributed by atoms with Crippen LogP contribution in [0.2, 0.25) is 39.3 Å². The van der Waals surface area contributed by atoms with Gasteiger partial charge in [0.2, 0.25) is 0 Å². The number of allylic oxidation sites excluding steroid dienone is 6. The van der Waals surface area contributed by atoms with Crippen LogP contribution >= 0.6 is 0 Å². The molecule has 2 nitrogen and oxygen atoms in total. The highest BCUT2D eigenvalue weighted by atomic mass is 28.4. The number of hydrogen-bond acceptors (Lipinski definition) is 2. The lowest BCUT2D eigenvalue weighted by molar-refractivity contribution is 0.214. The van der Waals surface area contributed by atoms with E-state index in [1.54, 1.807) is 0 Å².